The van der Waals surface area contributed by atoms with Gasteiger partial charge in [0.1, 0.15) is 6.26 Å². The molecule has 0 fully saturated rings. The van der Waals surface area contributed by atoms with Gasteiger partial charge in [-0.2, -0.15) is 0 Å². The Balaban J connectivity index is 1.61. The molecule has 0 spiro atoms. The number of ketones is 1. The summed E-state index contributed by atoms with van der Waals surface area (Å²) in [6.07, 6.45) is 8.51. The minimum absolute atomic E-state index is 0.0314. The van der Waals surface area contributed by atoms with Crippen LogP contribution >= 0.6 is 0 Å². The molecule has 0 aliphatic carbocycles. The van der Waals surface area contributed by atoms with E-state index in [0.717, 1.165) is 19.4 Å². The van der Waals surface area contributed by atoms with Crippen LogP contribution in [0.3, 0.4) is 0 Å². The van der Waals surface area contributed by atoms with Crippen LogP contribution in [-0.2, 0) is 12.8 Å². The van der Waals surface area contributed by atoms with Crippen molar-refractivity contribution in [2.24, 2.45) is 0 Å². The highest BCUT2D eigenvalue weighted by Gasteiger charge is 2.25. The van der Waals surface area contributed by atoms with Gasteiger partial charge in [0.05, 0.1) is 17.9 Å². The first kappa shape index (κ1) is 16.4. The van der Waals surface area contributed by atoms with Crippen LogP contribution in [0.15, 0.2) is 89.9 Å². The fourth-order valence-corrected chi connectivity index (χ4v) is 3.58. The van der Waals surface area contributed by atoms with Crippen LogP contribution in [0.2, 0.25) is 0 Å². The second-order valence-corrected chi connectivity index (χ2v) is 6.58. The van der Waals surface area contributed by atoms with Gasteiger partial charge in [-0.1, -0.05) is 54.6 Å². The largest absolute Gasteiger partial charge is 0.472 e. The van der Waals surface area contributed by atoms with Crippen molar-refractivity contribution < 1.29 is 9.21 Å². The van der Waals surface area contributed by atoms with Gasteiger partial charge in [-0.15, -0.1) is 0 Å². The van der Waals surface area contributed by atoms with Gasteiger partial charge in [-0.3, -0.25) is 4.79 Å². The zero-order chi connectivity index (χ0) is 17.8. The Morgan fingerprint density at radius 3 is 2.69 bits per heavy atom. The summed E-state index contributed by atoms with van der Waals surface area (Å²) in [5, 5.41) is 0. The normalized spacial score (nSPS) is 16.6. The number of fused-ring (bicyclic) bond motifs is 1. The maximum atomic E-state index is 12.3. The lowest BCUT2D eigenvalue weighted by Crippen LogP contribution is -2.32. The zero-order valence-corrected chi connectivity index (χ0v) is 14.5. The van der Waals surface area contributed by atoms with Crippen molar-refractivity contribution in [3.05, 3.63) is 108 Å². The van der Waals surface area contributed by atoms with Crippen LogP contribution in [0.4, 0.5) is 0 Å². The van der Waals surface area contributed by atoms with Crippen molar-refractivity contribution >= 4 is 5.78 Å². The molecule has 26 heavy (non-hydrogen) atoms. The second-order valence-electron chi connectivity index (χ2n) is 6.58. The second kappa shape index (κ2) is 7.44. The molecule has 0 bridgehead atoms. The summed E-state index contributed by atoms with van der Waals surface area (Å²) < 4.78 is 5.01. The van der Waals surface area contributed by atoms with E-state index in [-0.39, 0.29) is 11.8 Å². The maximum absolute atomic E-state index is 12.3. The molecule has 3 aromatic rings. The van der Waals surface area contributed by atoms with Gasteiger partial charge in [0, 0.05) is 18.8 Å². The molecule has 2 aromatic carbocycles. The van der Waals surface area contributed by atoms with E-state index in [9.17, 15) is 4.79 Å². The summed E-state index contributed by atoms with van der Waals surface area (Å²) >= 11 is 0. The molecule has 0 N–H and O–H groups in total. The molecule has 0 saturated carbocycles. The minimum atomic E-state index is -0.0314. The number of carbonyl (C=O) groups is 1. The number of carbonyl (C=O) groups excluding carboxylic acids is 1. The van der Waals surface area contributed by atoms with Crippen molar-refractivity contribution in [3.63, 3.8) is 0 Å². The Labute approximate surface area is 153 Å². The molecule has 0 radical (unpaired) electrons. The van der Waals surface area contributed by atoms with Crippen LogP contribution in [0, 0.1) is 0 Å². The fraction of sp³-hybridized carbons (Fsp3) is 0.174. The SMILES string of the molecule is O=C(C=CN1CCc2ccccc2C1Cc1ccccc1)c1ccoc1. The maximum Gasteiger partial charge on any atom is 0.190 e. The molecule has 1 aromatic heterocycles. The zero-order valence-electron chi connectivity index (χ0n) is 14.5. The van der Waals surface area contributed by atoms with Crippen molar-refractivity contribution in [2.75, 3.05) is 6.54 Å². The lowest BCUT2D eigenvalue weighted by atomic mass is 9.89. The van der Waals surface area contributed by atoms with Gasteiger partial charge in [-0.25, -0.2) is 0 Å². The molecule has 3 nitrogen and oxygen atoms in total. The highest BCUT2D eigenvalue weighted by Crippen LogP contribution is 2.32. The third-order valence-corrected chi connectivity index (χ3v) is 4.95. The van der Waals surface area contributed by atoms with Gasteiger partial charge in [0.25, 0.3) is 0 Å². The third kappa shape index (κ3) is 3.47. The number of benzene rings is 2. The number of hydrogen-bond acceptors (Lipinski definition) is 3. The molecule has 4 rings (SSSR count). The van der Waals surface area contributed by atoms with Crippen LogP contribution in [-0.4, -0.2) is 17.2 Å². The predicted molar refractivity (Wildman–Crippen MR) is 102 cm³/mol. The van der Waals surface area contributed by atoms with E-state index < -0.39 is 0 Å². The van der Waals surface area contributed by atoms with Crippen molar-refractivity contribution in [2.45, 2.75) is 18.9 Å². The lowest BCUT2D eigenvalue weighted by molar-refractivity contribution is 0.104. The number of hydrogen-bond donors (Lipinski definition) is 0. The van der Waals surface area contributed by atoms with Crippen LogP contribution in [0.25, 0.3) is 0 Å². The summed E-state index contributed by atoms with van der Waals surface area (Å²) in [4.78, 5) is 14.6. The van der Waals surface area contributed by atoms with Gasteiger partial charge in [0.15, 0.2) is 5.78 Å². The summed E-state index contributed by atoms with van der Waals surface area (Å²) in [7, 11) is 0. The molecule has 0 saturated heterocycles. The first-order chi connectivity index (χ1) is 12.8. The number of nitrogens with zero attached hydrogens (tertiary/aromatic N) is 1. The number of rotatable bonds is 5. The van der Waals surface area contributed by atoms with Gasteiger partial charge < -0.3 is 9.32 Å². The predicted octanol–water partition coefficient (Wildman–Crippen LogP) is 4.82. The van der Waals surface area contributed by atoms with Gasteiger partial charge >= 0.3 is 0 Å². The molecular formula is C23H21NO2. The fourth-order valence-electron chi connectivity index (χ4n) is 3.58. The van der Waals surface area contributed by atoms with E-state index in [1.54, 1.807) is 12.1 Å². The molecule has 1 atom stereocenters. The van der Waals surface area contributed by atoms with Crippen molar-refractivity contribution in [1.82, 2.24) is 4.90 Å². The van der Waals surface area contributed by atoms with E-state index in [1.807, 2.05) is 12.3 Å². The monoisotopic (exact) mass is 343 g/mol. The molecule has 2 heterocycles. The van der Waals surface area contributed by atoms with Gasteiger partial charge in [-0.05, 0) is 35.6 Å². The average molecular weight is 343 g/mol. The number of furan rings is 1. The molecule has 1 unspecified atom stereocenters. The smallest absolute Gasteiger partial charge is 0.190 e. The molecule has 1 aliphatic rings. The van der Waals surface area contributed by atoms with Crippen molar-refractivity contribution in [1.29, 1.82) is 0 Å². The topological polar surface area (TPSA) is 33.5 Å². The molecule has 1 aliphatic heterocycles. The first-order valence-corrected chi connectivity index (χ1v) is 8.93. The molecule has 3 heteroatoms. The average Bonchev–Trinajstić information content (AvgIpc) is 3.23. The third-order valence-electron chi connectivity index (χ3n) is 4.95. The van der Waals surface area contributed by atoms with Crippen LogP contribution < -0.4 is 0 Å². The van der Waals surface area contributed by atoms with E-state index in [1.165, 1.54) is 29.2 Å². The van der Waals surface area contributed by atoms with E-state index in [4.69, 9.17) is 4.42 Å². The van der Waals surface area contributed by atoms with Crippen molar-refractivity contribution in [3.8, 4) is 0 Å². The minimum Gasteiger partial charge on any atom is -0.472 e. The summed E-state index contributed by atoms with van der Waals surface area (Å²) in [5.74, 6) is -0.0314. The Morgan fingerprint density at radius 2 is 1.88 bits per heavy atom. The molecular weight excluding hydrogens is 322 g/mol. The highest BCUT2D eigenvalue weighted by molar-refractivity contribution is 6.04. The Morgan fingerprint density at radius 1 is 1.08 bits per heavy atom. The highest BCUT2D eigenvalue weighted by atomic mass is 16.3. The summed E-state index contributed by atoms with van der Waals surface area (Å²) in [6.45, 7) is 0.906. The Hall–Kier alpha value is -3.07. The van der Waals surface area contributed by atoms with Crippen LogP contribution in [0.1, 0.15) is 33.1 Å². The first-order valence-electron chi connectivity index (χ1n) is 8.93. The van der Waals surface area contributed by atoms with E-state index in [2.05, 4.69) is 53.4 Å². The number of allylic oxidation sites excluding steroid dienone is 1. The Bertz CT molecular complexity index is 897. The Kier molecular flexibility index (Phi) is 4.69. The summed E-state index contributed by atoms with van der Waals surface area (Å²) in [5.41, 5.74) is 4.63. The van der Waals surface area contributed by atoms with Gasteiger partial charge in [0.2, 0.25) is 0 Å². The van der Waals surface area contributed by atoms with E-state index >= 15 is 0 Å². The lowest BCUT2D eigenvalue weighted by Gasteiger charge is -2.37. The van der Waals surface area contributed by atoms with E-state index in [0.29, 0.717) is 5.56 Å². The standard InChI is InChI=1S/C23H21NO2/c25-23(20-12-15-26-17-20)11-14-24-13-10-19-8-4-5-9-21(19)22(24)16-18-6-2-1-3-7-18/h1-9,11-12,14-15,17,22H,10,13,16H2. The van der Waals surface area contributed by atoms with Crippen LogP contribution in [0.5, 0.6) is 0 Å². The summed E-state index contributed by atoms with van der Waals surface area (Å²) in [6, 6.07) is 21.1. The molecule has 0 amide bonds. The molecule has 130 valence electrons. The quantitative estimate of drug-likeness (QED) is 0.492.